The van der Waals surface area contributed by atoms with Gasteiger partial charge in [-0.25, -0.2) is 0 Å². The molecule has 0 saturated carbocycles. The highest BCUT2D eigenvalue weighted by Crippen LogP contribution is 1.95. The van der Waals surface area contributed by atoms with E-state index in [0.717, 1.165) is 5.56 Å². The lowest BCUT2D eigenvalue weighted by atomic mass is 10.2. The summed E-state index contributed by atoms with van der Waals surface area (Å²) in [5.41, 5.74) is 1.31. The topological polar surface area (TPSA) is 54.4 Å². The fourth-order valence-corrected chi connectivity index (χ4v) is 0.859. The summed E-state index contributed by atoms with van der Waals surface area (Å²) in [6.07, 6.45) is 1.58. The van der Waals surface area contributed by atoms with Crippen LogP contribution in [0, 0.1) is 0 Å². The molecule has 0 aliphatic rings. The van der Waals surface area contributed by atoms with Crippen LogP contribution in [-0.2, 0) is 4.84 Å². The van der Waals surface area contributed by atoms with Gasteiger partial charge in [-0.15, -0.1) is 0 Å². The molecule has 1 aromatic rings. The van der Waals surface area contributed by atoms with Crippen molar-refractivity contribution in [2.24, 2.45) is 5.16 Å². The van der Waals surface area contributed by atoms with E-state index in [1.54, 1.807) is 19.2 Å². The van der Waals surface area contributed by atoms with Crippen molar-refractivity contribution in [1.29, 1.82) is 0 Å². The number of hydrogen-bond donors (Lipinski definition) is 1. The second-order valence-corrected chi connectivity index (χ2v) is 2.30. The molecule has 0 saturated heterocycles. The van der Waals surface area contributed by atoms with E-state index in [0.29, 0.717) is 5.71 Å². The molecule has 1 rings (SSSR count). The molecular weight excluding hydrogens is 156 g/mol. The van der Waals surface area contributed by atoms with E-state index in [-0.39, 0.29) is 5.56 Å². The van der Waals surface area contributed by atoms with E-state index in [2.05, 4.69) is 15.0 Å². The van der Waals surface area contributed by atoms with Gasteiger partial charge in [-0.1, -0.05) is 5.16 Å². The summed E-state index contributed by atoms with van der Waals surface area (Å²) in [6, 6.07) is 3.23. The van der Waals surface area contributed by atoms with Crippen LogP contribution >= 0.6 is 0 Å². The van der Waals surface area contributed by atoms with Gasteiger partial charge in [0.25, 0.3) is 0 Å². The second kappa shape index (κ2) is 3.71. The molecule has 0 fully saturated rings. The number of pyridine rings is 1. The quantitative estimate of drug-likeness (QED) is 0.520. The molecule has 0 aliphatic carbocycles. The van der Waals surface area contributed by atoms with E-state index >= 15 is 0 Å². The Labute approximate surface area is 69.9 Å². The average molecular weight is 166 g/mol. The number of hydrogen-bond acceptors (Lipinski definition) is 3. The summed E-state index contributed by atoms with van der Waals surface area (Å²) in [4.78, 5) is 17.9. The zero-order chi connectivity index (χ0) is 8.97. The first-order chi connectivity index (χ1) is 5.74. The first kappa shape index (κ1) is 8.52. The lowest BCUT2D eigenvalue weighted by Gasteiger charge is -1.96. The van der Waals surface area contributed by atoms with E-state index in [1.165, 1.54) is 13.2 Å². The number of H-pyrrole nitrogens is 1. The van der Waals surface area contributed by atoms with Crippen LogP contribution < -0.4 is 5.56 Å². The highest BCUT2D eigenvalue weighted by molar-refractivity contribution is 5.98. The van der Waals surface area contributed by atoms with Crippen molar-refractivity contribution in [2.75, 3.05) is 7.11 Å². The Morgan fingerprint density at radius 2 is 2.42 bits per heavy atom. The van der Waals surface area contributed by atoms with Crippen molar-refractivity contribution in [1.82, 2.24) is 4.98 Å². The average Bonchev–Trinajstić information content (AvgIpc) is 2.05. The number of rotatable bonds is 2. The van der Waals surface area contributed by atoms with Gasteiger partial charge in [0.05, 0.1) is 5.71 Å². The maximum Gasteiger partial charge on any atom is 0.248 e. The zero-order valence-corrected chi connectivity index (χ0v) is 7.00. The normalized spacial score (nSPS) is 11.3. The fraction of sp³-hybridized carbons (Fsp3) is 0.250. The SMILES string of the molecule is CO/N=C(/C)c1cc[nH]c(=O)c1. The number of nitrogens with zero attached hydrogens (tertiary/aromatic N) is 1. The van der Waals surface area contributed by atoms with Crippen molar-refractivity contribution in [3.8, 4) is 0 Å². The van der Waals surface area contributed by atoms with Crippen molar-refractivity contribution in [3.63, 3.8) is 0 Å². The lowest BCUT2D eigenvalue weighted by Crippen LogP contribution is -2.07. The molecule has 0 bridgehead atoms. The van der Waals surface area contributed by atoms with Gasteiger partial charge in [0.1, 0.15) is 7.11 Å². The highest BCUT2D eigenvalue weighted by Gasteiger charge is 1.96. The molecule has 0 spiro atoms. The van der Waals surface area contributed by atoms with Gasteiger partial charge in [-0.3, -0.25) is 4.79 Å². The summed E-state index contributed by atoms with van der Waals surface area (Å²) >= 11 is 0. The van der Waals surface area contributed by atoms with Gasteiger partial charge in [-0.05, 0) is 13.0 Å². The molecule has 0 amide bonds. The number of aromatic nitrogens is 1. The maximum absolute atomic E-state index is 10.8. The molecule has 0 atom stereocenters. The van der Waals surface area contributed by atoms with Gasteiger partial charge >= 0.3 is 0 Å². The molecular formula is C8H10N2O2. The molecule has 4 heteroatoms. The Balaban J connectivity index is 3.03. The summed E-state index contributed by atoms with van der Waals surface area (Å²) in [7, 11) is 1.47. The Morgan fingerprint density at radius 3 is 3.00 bits per heavy atom. The van der Waals surface area contributed by atoms with Crippen LogP contribution in [0.4, 0.5) is 0 Å². The van der Waals surface area contributed by atoms with E-state index < -0.39 is 0 Å². The monoisotopic (exact) mass is 166 g/mol. The largest absolute Gasteiger partial charge is 0.399 e. The van der Waals surface area contributed by atoms with E-state index in [1.807, 2.05) is 0 Å². The zero-order valence-electron chi connectivity index (χ0n) is 7.00. The Morgan fingerprint density at radius 1 is 1.67 bits per heavy atom. The van der Waals surface area contributed by atoms with Gasteiger partial charge in [0, 0.05) is 17.8 Å². The smallest absolute Gasteiger partial charge is 0.248 e. The maximum atomic E-state index is 10.8. The first-order valence-corrected chi connectivity index (χ1v) is 3.51. The Bertz CT molecular complexity index is 341. The summed E-state index contributed by atoms with van der Waals surface area (Å²) in [5, 5.41) is 3.70. The third-order valence-corrected chi connectivity index (χ3v) is 1.42. The minimum Gasteiger partial charge on any atom is -0.399 e. The minimum absolute atomic E-state index is 0.141. The molecule has 0 radical (unpaired) electrons. The molecule has 64 valence electrons. The molecule has 12 heavy (non-hydrogen) atoms. The third kappa shape index (κ3) is 1.95. The van der Waals surface area contributed by atoms with Gasteiger partial charge in [-0.2, -0.15) is 0 Å². The Hall–Kier alpha value is -1.58. The van der Waals surface area contributed by atoms with E-state index in [4.69, 9.17) is 0 Å². The van der Waals surface area contributed by atoms with Crippen LogP contribution in [0.2, 0.25) is 0 Å². The molecule has 1 N–H and O–H groups in total. The predicted octanol–water partition coefficient (Wildman–Crippen LogP) is 0.745. The minimum atomic E-state index is -0.141. The van der Waals surface area contributed by atoms with Gasteiger partial charge in [0.15, 0.2) is 0 Å². The summed E-state index contributed by atoms with van der Waals surface area (Å²) in [5.74, 6) is 0. The predicted molar refractivity (Wildman–Crippen MR) is 46.3 cm³/mol. The summed E-state index contributed by atoms with van der Waals surface area (Å²) < 4.78 is 0. The fourth-order valence-electron chi connectivity index (χ4n) is 0.859. The van der Waals surface area contributed by atoms with Gasteiger partial charge < -0.3 is 9.82 Å². The molecule has 0 aromatic carbocycles. The van der Waals surface area contributed by atoms with Crippen LogP contribution in [0.1, 0.15) is 12.5 Å². The van der Waals surface area contributed by atoms with Crippen molar-refractivity contribution < 1.29 is 4.84 Å². The Kier molecular flexibility index (Phi) is 2.63. The van der Waals surface area contributed by atoms with Crippen molar-refractivity contribution in [2.45, 2.75) is 6.92 Å². The van der Waals surface area contributed by atoms with Crippen LogP contribution in [-0.4, -0.2) is 17.8 Å². The lowest BCUT2D eigenvalue weighted by molar-refractivity contribution is 0.213. The molecule has 1 aromatic heterocycles. The standard InChI is InChI=1S/C8H10N2O2/c1-6(10-12-2)7-3-4-9-8(11)5-7/h3-5H,1-2H3,(H,9,11)/b10-6-. The highest BCUT2D eigenvalue weighted by atomic mass is 16.6. The van der Waals surface area contributed by atoms with Crippen LogP contribution in [0.3, 0.4) is 0 Å². The van der Waals surface area contributed by atoms with Crippen LogP contribution in [0.15, 0.2) is 28.3 Å². The molecule has 1 heterocycles. The first-order valence-electron chi connectivity index (χ1n) is 3.51. The van der Waals surface area contributed by atoms with Crippen molar-refractivity contribution >= 4 is 5.71 Å². The van der Waals surface area contributed by atoms with Crippen molar-refractivity contribution in [3.05, 3.63) is 34.2 Å². The van der Waals surface area contributed by atoms with Crippen LogP contribution in [0.25, 0.3) is 0 Å². The van der Waals surface area contributed by atoms with E-state index in [9.17, 15) is 4.79 Å². The molecule has 0 aliphatic heterocycles. The van der Waals surface area contributed by atoms with Gasteiger partial charge in [0.2, 0.25) is 5.56 Å². The summed E-state index contributed by atoms with van der Waals surface area (Å²) in [6.45, 7) is 1.78. The molecule has 0 unspecified atom stereocenters. The number of aromatic amines is 1. The third-order valence-electron chi connectivity index (χ3n) is 1.42. The molecule has 4 nitrogen and oxygen atoms in total. The number of nitrogens with one attached hydrogen (secondary N) is 1. The number of oxime groups is 1. The van der Waals surface area contributed by atoms with Crippen LogP contribution in [0.5, 0.6) is 0 Å². The second-order valence-electron chi connectivity index (χ2n) is 2.30.